The zero-order chi connectivity index (χ0) is 19.4. The maximum absolute atomic E-state index is 12.3. The van der Waals surface area contributed by atoms with Gasteiger partial charge in [-0.25, -0.2) is 0 Å². The van der Waals surface area contributed by atoms with E-state index in [-0.39, 0.29) is 17.1 Å². The van der Waals surface area contributed by atoms with Crippen LogP contribution >= 0.6 is 0 Å². The van der Waals surface area contributed by atoms with Gasteiger partial charge in [0.05, 0.1) is 12.7 Å². The number of H-pyrrole nitrogens is 1. The van der Waals surface area contributed by atoms with Crippen molar-refractivity contribution in [3.63, 3.8) is 0 Å². The number of hydrazine groups is 1. The summed E-state index contributed by atoms with van der Waals surface area (Å²) in [5.74, 6) is -1.40. The van der Waals surface area contributed by atoms with Crippen LogP contribution in [0.15, 0.2) is 48.7 Å². The van der Waals surface area contributed by atoms with Crippen LogP contribution in [0.25, 0.3) is 10.9 Å². The van der Waals surface area contributed by atoms with Crippen molar-refractivity contribution in [3.05, 3.63) is 59.8 Å². The Kier molecular flexibility index (Phi) is 5.20. The van der Waals surface area contributed by atoms with Crippen LogP contribution in [0.3, 0.4) is 0 Å². The van der Waals surface area contributed by atoms with Crippen LogP contribution in [0.1, 0.15) is 20.7 Å². The molecule has 0 saturated heterocycles. The predicted octanol–water partition coefficient (Wildman–Crippen LogP) is 2.85. The van der Waals surface area contributed by atoms with Crippen LogP contribution in [0, 0.1) is 0 Å². The molecule has 0 spiro atoms. The number of carbonyl (C=O) groups is 2. The van der Waals surface area contributed by atoms with E-state index >= 15 is 0 Å². The van der Waals surface area contributed by atoms with Gasteiger partial charge in [0.2, 0.25) is 0 Å². The van der Waals surface area contributed by atoms with E-state index in [1.807, 2.05) is 12.1 Å². The van der Waals surface area contributed by atoms with Gasteiger partial charge in [-0.1, -0.05) is 18.2 Å². The van der Waals surface area contributed by atoms with E-state index in [4.69, 9.17) is 4.74 Å². The number of aromatic amines is 1. The van der Waals surface area contributed by atoms with E-state index in [2.05, 4.69) is 20.6 Å². The summed E-state index contributed by atoms with van der Waals surface area (Å²) >= 11 is 0. The number of alkyl halides is 2. The molecule has 0 fully saturated rings. The Morgan fingerprint density at radius 2 is 1.78 bits per heavy atom. The Bertz CT molecular complexity index is 988. The largest absolute Gasteiger partial charge is 0.493 e. The number of carbonyl (C=O) groups excluding carboxylic acids is 2. The number of rotatable bonds is 5. The zero-order valence-corrected chi connectivity index (χ0v) is 14.1. The van der Waals surface area contributed by atoms with Gasteiger partial charge < -0.3 is 14.5 Å². The Morgan fingerprint density at radius 1 is 1.04 bits per heavy atom. The number of hydrogen-bond acceptors (Lipinski definition) is 4. The van der Waals surface area contributed by atoms with Crippen molar-refractivity contribution in [3.8, 4) is 11.5 Å². The molecule has 2 amide bonds. The molecule has 0 saturated carbocycles. The molecule has 0 radical (unpaired) electrons. The van der Waals surface area contributed by atoms with Crippen molar-refractivity contribution >= 4 is 22.7 Å². The third kappa shape index (κ3) is 3.97. The van der Waals surface area contributed by atoms with Gasteiger partial charge in [-0.2, -0.15) is 8.78 Å². The number of halogens is 2. The first-order valence-corrected chi connectivity index (χ1v) is 7.79. The van der Waals surface area contributed by atoms with Crippen LogP contribution in [-0.4, -0.2) is 30.5 Å². The van der Waals surface area contributed by atoms with Crippen molar-refractivity contribution in [2.75, 3.05) is 7.11 Å². The van der Waals surface area contributed by atoms with Gasteiger partial charge in [-0.3, -0.25) is 20.4 Å². The lowest BCUT2D eigenvalue weighted by Crippen LogP contribution is -2.41. The van der Waals surface area contributed by atoms with Gasteiger partial charge in [0.25, 0.3) is 11.8 Å². The molecule has 140 valence electrons. The lowest BCUT2D eigenvalue weighted by Gasteiger charge is -2.12. The van der Waals surface area contributed by atoms with Gasteiger partial charge >= 0.3 is 6.61 Å². The minimum absolute atomic E-state index is 0.0362. The van der Waals surface area contributed by atoms with E-state index in [1.54, 1.807) is 12.1 Å². The summed E-state index contributed by atoms with van der Waals surface area (Å²) in [5, 5.41) is 0.708. The molecule has 3 rings (SSSR count). The van der Waals surface area contributed by atoms with Crippen LogP contribution < -0.4 is 20.3 Å². The fourth-order valence-electron chi connectivity index (χ4n) is 2.51. The van der Waals surface area contributed by atoms with Gasteiger partial charge in [-0.15, -0.1) is 0 Å². The average Bonchev–Trinajstić information content (AvgIpc) is 3.10. The number of amides is 2. The second-order valence-electron chi connectivity index (χ2n) is 5.40. The lowest BCUT2D eigenvalue weighted by atomic mass is 10.1. The summed E-state index contributed by atoms with van der Waals surface area (Å²) in [6, 6.07) is 10.9. The Labute approximate surface area is 152 Å². The smallest absolute Gasteiger partial charge is 0.387 e. The number of methoxy groups -OCH3 is 1. The highest BCUT2D eigenvalue weighted by Gasteiger charge is 2.16. The molecular formula is C18H15F2N3O4. The Morgan fingerprint density at radius 3 is 2.52 bits per heavy atom. The summed E-state index contributed by atoms with van der Waals surface area (Å²) in [7, 11) is 1.26. The van der Waals surface area contributed by atoms with Crippen LogP contribution in [0.4, 0.5) is 8.78 Å². The molecule has 7 nitrogen and oxygen atoms in total. The second-order valence-corrected chi connectivity index (χ2v) is 5.40. The first-order valence-electron chi connectivity index (χ1n) is 7.79. The number of benzene rings is 2. The quantitative estimate of drug-likeness (QED) is 0.598. The summed E-state index contributed by atoms with van der Waals surface area (Å²) in [5.41, 5.74) is 5.82. The third-order valence-corrected chi connectivity index (χ3v) is 3.77. The van der Waals surface area contributed by atoms with Crippen molar-refractivity contribution in [1.82, 2.24) is 15.8 Å². The highest BCUT2D eigenvalue weighted by Crippen LogP contribution is 2.29. The van der Waals surface area contributed by atoms with E-state index in [9.17, 15) is 18.4 Å². The number of aromatic nitrogens is 1. The molecule has 0 aliphatic heterocycles. The number of para-hydroxylation sites is 1. The highest BCUT2D eigenvalue weighted by atomic mass is 19.3. The molecule has 0 aliphatic carbocycles. The molecule has 3 N–H and O–H groups in total. The van der Waals surface area contributed by atoms with Crippen molar-refractivity contribution in [1.29, 1.82) is 0 Å². The molecule has 1 aromatic heterocycles. The fraction of sp³-hybridized carbons (Fsp3) is 0.111. The number of ether oxygens (including phenoxy) is 2. The molecule has 0 unspecified atom stereocenters. The highest BCUT2D eigenvalue weighted by molar-refractivity contribution is 6.07. The molecule has 9 heteroatoms. The normalized spacial score (nSPS) is 10.7. The third-order valence-electron chi connectivity index (χ3n) is 3.77. The first kappa shape index (κ1) is 18.2. The van der Waals surface area contributed by atoms with Gasteiger partial charge in [0.1, 0.15) is 0 Å². The predicted molar refractivity (Wildman–Crippen MR) is 92.9 cm³/mol. The molecular weight excluding hydrogens is 360 g/mol. The maximum atomic E-state index is 12.3. The fourth-order valence-corrected chi connectivity index (χ4v) is 2.51. The second kappa shape index (κ2) is 7.73. The minimum Gasteiger partial charge on any atom is -0.493 e. The minimum atomic E-state index is -3.02. The Hall–Kier alpha value is -3.62. The number of fused-ring (bicyclic) bond motifs is 1. The van der Waals surface area contributed by atoms with Gasteiger partial charge in [0, 0.05) is 22.7 Å². The maximum Gasteiger partial charge on any atom is 0.387 e. The summed E-state index contributed by atoms with van der Waals surface area (Å²) in [6.45, 7) is -3.02. The molecule has 2 aromatic carbocycles. The van der Waals surface area contributed by atoms with Crippen molar-refractivity contribution in [2.45, 2.75) is 6.61 Å². The molecule has 0 bridgehead atoms. The SMILES string of the molecule is COc1cc(C(=O)NNC(=O)c2c[nH]c3ccccc23)ccc1OC(F)F. The zero-order valence-electron chi connectivity index (χ0n) is 14.1. The Balaban J connectivity index is 1.69. The van der Waals surface area contributed by atoms with E-state index in [0.717, 1.165) is 5.52 Å². The molecule has 3 aromatic rings. The molecule has 1 heterocycles. The van der Waals surface area contributed by atoms with Crippen LogP contribution in [0.5, 0.6) is 11.5 Å². The van der Waals surface area contributed by atoms with Crippen molar-refractivity contribution < 1.29 is 27.8 Å². The summed E-state index contributed by atoms with van der Waals surface area (Å²) in [6.07, 6.45) is 1.53. The molecule has 27 heavy (non-hydrogen) atoms. The monoisotopic (exact) mass is 375 g/mol. The van der Waals surface area contributed by atoms with Gasteiger partial charge in [0.15, 0.2) is 11.5 Å². The van der Waals surface area contributed by atoms with E-state index < -0.39 is 18.4 Å². The molecule has 0 atom stereocenters. The van der Waals surface area contributed by atoms with Crippen molar-refractivity contribution in [2.24, 2.45) is 0 Å². The standard InChI is InChI=1S/C18H15F2N3O4/c1-26-15-8-10(6-7-14(15)27-18(19)20)16(24)22-23-17(25)12-9-21-13-5-3-2-4-11(12)13/h2-9,18,21H,1H3,(H,22,24)(H,23,25). The number of nitrogens with one attached hydrogen (secondary N) is 3. The lowest BCUT2D eigenvalue weighted by molar-refractivity contribution is -0.0512. The van der Waals surface area contributed by atoms with Crippen LogP contribution in [-0.2, 0) is 0 Å². The summed E-state index contributed by atoms with van der Waals surface area (Å²) in [4.78, 5) is 27.4. The average molecular weight is 375 g/mol. The summed E-state index contributed by atoms with van der Waals surface area (Å²) < 4.78 is 33.9. The molecule has 0 aliphatic rings. The van der Waals surface area contributed by atoms with Crippen LogP contribution in [0.2, 0.25) is 0 Å². The van der Waals surface area contributed by atoms with E-state index in [0.29, 0.717) is 10.9 Å². The van der Waals surface area contributed by atoms with E-state index in [1.165, 1.54) is 31.5 Å². The van der Waals surface area contributed by atoms with Gasteiger partial charge in [-0.05, 0) is 24.3 Å². The number of hydrogen-bond donors (Lipinski definition) is 3. The first-order chi connectivity index (χ1) is 13.0. The topological polar surface area (TPSA) is 92.5 Å².